The summed E-state index contributed by atoms with van der Waals surface area (Å²) in [7, 11) is -0.779. The smallest absolute Gasteiger partial charge is 0.317 e. The summed E-state index contributed by atoms with van der Waals surface area (Å²) in [5, 5.41) is 3.29. The van der Waals surface area contributed by atoms with E-state index in [2.05, 4.69) is 5.32 Å². The molecule has 0 aromatic heterocycles. The molecule has 0 saturated heterocycles. The Morgan fingerprint density at radius 2 is 1.70 bits per heavy atom. The molecule has 0 radical (unpaired) electrons. The zero-order valence-electron chi connectivity index (χ0n) is 19.2. The van der Waals surface area contributed by atoms with Crippen LogP contribution in [-0.4, -0.2) is 44.8 Å². The van der Waals surface area contributed by atoms with Gasteiger partial charge in [-0.05, 0) is 62.1 Å². The first kappa shape index (κ1) is 25.2. The van der Waals surface area contributed by atoms with Crippen LogP contribution in [0.4, 0.5) is 5.69 Å². The topological polar surface area (TPSA) is 92.8 Å². The first-order valence-electron chi connectivity index (χ1n) is 10.8. The van der Waals surface area contributed by atoms with E-state index in [1.807, 2.05) is 12.1 Å². The molecule has 1 amide bonds. The van der Waals surface area contributed by atoms with Gasteiger partial charge < -0.3 is 10.1 Å². The summed E-state index contributed by atoms with van der Waals surface area (Å²) in [4.78, 5) is 26.1. The van der Waals surface area contributed by atoms with Crippen molar-refractivity contribution in [3.8, 4) is 0 Å². The molecule has 0 heterocycles. The summed E-state index contributed by atoms with van der Waals surface area (Å²) in [6, 6.07) is 11.7. The van der Waals surface area contributed by atoms with E-state index in [0.29, 0.717) is 29.1 Å². The molecule has 1 atom stereocenters. The molecule has 0 bridgehead atoms. The van der Waals surface area contributed by atoms with Crippen LogP contribution in [-0.2, 0) is 29.8 Å². The molecule has 7 nitrogen and oxygen atoms in total. The second-order valence-electron chi connectivity index (χ2n) is 8.60. The van der Waals surface area contributed by atoms with E-state index in [0.717, 1.165) is 22.7 Å². The van der Waals surface area contributed by atoms with E-state index in [4.69, 9.17) is 16.3 Å². The Morgan fingerprint density at radius 3 is 2.27 bits per heavy atom. The van der Waals surface area contributed by atoms with E-state index in [-0.39, 0.29) is 4.90 Å². The van der Waals surface area contributed by atoms with Crippen LogP contribution >= 0.6 is 11.6 Å². The van der Waals surface area contributed by atoms with Gasteiger partial charge in [0.05, 0.1) is 10.3 Å². The number of esters is 1. The van der Waals surface area contributed by atoms with E-state index in [1.54, 1.807) is 25.1 Å². The van der Waals surface area contributed by atoms with Gasteiger partial charge in [0, 0.05) is 24.8 Å². The lowest BCUT2D eigenvalue weighted by Gasteiger charge is -2.29. The number of nitrogens with zero attached hydrogens (tertiary/aromatic N) is 1. The fourth-order valence-corrected chi connectivity index (χ4v) is 5.08. The van der Waals surface area contributed by atoms with Gasteiger partial charge in [-0.3, -0.25) is 9.59 Å². The maximum Gasteiger partial charge on any atom is 0.317 e. The molecule has 0 spiro atoms. The Morgan fingerprint density at radius 1 is 1.09 bits per heavy atom. The predicted octanol–water partition coefficient (Wildman–Crippen LogP) is 4.28. The second kappa shape index (κ2) is 9.83. The molecule has 3 rings (SSSR count). The van der Waals surface area contributed by atoms with Crippen LogP contribution in [0.5, 0.6) is 0 Å². The van der Waals surface area contributed by atoms with Crippen molar-refractivity contribution in [1.82, 2.24) is 4.31 Å². The number of ether oxygens (including phenoxy) is 1. The van der Waals surface area contributed by atoms with Crippen molar-refractivity contribution >= 4 is 39.2 Å². The first-order valence-corrected chi connectivity index (χ1v) is 12.6. The van der Waals surface area contributed by atoms with Crippen LogP contribution in [0.1, 0.15) is 43.7 Å². The molecule has 1 fully saturated rings. The minimum Gasteiger partial charge on any atom is -0.452 e. The third-order valence-corrected chi connectivity index (χ3v) is 8.21. The highest BCUT2D eigenvalue weighted by molar-refractivity contribution is 7.89. The summed E-state index contributed by atoms with van der Waals surface area (Å²) in [6.07, 6.45) is 2.02. The average molecular weight is 493 g/mol. The van der Waals surface area contributed by atoms with Crippen LogP contribution in [0, 0.1) is 6.92 Å². The van der Waals surface area contributed by atoms with Gasteiger partial charge in [0.15, 0.2) is 6.10 Å². The van der Waals surface area contributed by atoms with Crippen molar-refractivity contribution < 1.29 is 22.7 Å². The van der Waals surface area contributed by atoms with Gasteiger partial charge >= 0.3 is 5.97 Å². The van der Waals surface area contributed by atoms with Crippen LogP contribution in [0.3, 0.4) is 0 Å². The van der Waals surface area contributed by atoms with Crippen LogP contribution in [0.2, 0.25) is 5.02 Å². The minimum atomic E-state index is -3.66. The number of carbonyl (C=O) groups is 2. The third-order valence-electron chi connectivity index (χ3n) is 6.14. The van der Waals surface area contributed by atoms with Gasteiger partial charge in [0.2, 0.25) is 10.0 Å². The lowest BCUT2D eigenvalue weighted by atomic mass is 9.79. The summed E-state index contributed by atoms with van der Waals surface area (Å²) < 4.78 is 31.6. The number of hydrogen-bond donors (Lipinski definition) is 1. The summed E-state index contributed by atoms with van der Waals surface area (Å²) >= 11 is 6.01. The highest BCUT2D eigenvalue weighted by Crippen LogP contribution is 2.42. The molecule has 1 saturated carbocycles. The molecular weight excluding hydrogens is 464 g/mol. The fourth-order valence-electron chi connectivity index (χ4n) is 4.03. The molecule has 0 aliphatic heterocycles. The molecular formula is C24H29ClN2O5S. The van der Waals surface area contributed by atoms with E-state index in [1.165, 1.54) is 33.2 Å². The number of benzene rings is 2. The number of carbonyl (C=O) groups excluding carboxylic acids is 2. The maximum atomic E-state index is 13.2. The largest absolute Gasteiger partial charge is 0.452 e. The number of sulfonamides is 1. The van der Waals surface area contributed by atoms with Crippen molar-refractivity contribution in [2.24, 2.45) is 0 Å². The zero-order chi connectivity index (χ0) is 24.4. The van der Waals surface area contributed by atoms with Gasteiger partial charge in [0.25, 0.3) is 5.91 Å². The Labute approximate surface area is 200 Å². The molecule has 2 aromatic rings. The molecule has 1 unspecified atom stereocenters. The van der Waals surface area contributed by atoms with Gasteiger partial charge in [0.1, 0.15) is 0 Å². The van der Waals surface area contributed by atoms with Crippen molar-refractivity contribution in [3.63, 3.8) is 0 Å². The maximum absolute atomic E-state index is 13.2. The van der Waals surface area contributed by atoms with Gasteiger partial charge in [-0.2, -0.15) is 0 Å². The minimum absolute atomic E-state index is 0.0608. The number of halogens is 1. The van der Waals surface area contributed by atoms with Crippen molar-refractivity contribution in [2.45, 2.75) is 55.9 Å². The molecule has 2 aromatic carbocycles. The zero-order valence-corrected chi connectivity index (χ0v) is 20.8. The van der Waals surface area contributed by atoms with E-state index < -0.39 is 33.4 Å². The standard InChI is InChI=1S/C24H29ClN2O5S/c1-16-7-12-20(33(30,31)27(3)4)15-21(16)26-22(28)17(2)32-23(29)24(13-5-6-14-24)18-8-10-19(25)11-9-18/h7-12,15,17H,5-6,13-14H2,1-4H3,(H,26,28). The lowest BCUT2D eigenvalue weighted by Crippen LogP contribution is -2.40. The van der Waals surface area contributed by atoms with Crippen LogP contribution < -0.4 is 5.32 Å². The second-order valence-corrected chi connectivity index (χ2v) is 11.2. The van der Waals surface area contributed by atoms with Gasteiger partial charge in [-0.25, -0.2) is 12.7 Å². The normalized spacial score (nSPS) is 16.4. The number of nitrogens with one attached hydrogen (secondary N) is 1. The summed E-state index contributed by atoms with van der Waals surface area (Å²) in [5.74, 6) is -0.972. The van der Waals surface area contributed by atoms with Crippen molar-refractivity contribution in [3.05, 3.63) is 58.6 Å². The number of anilines is 1. The molecule has 1 aliphatic rings. The number of amides is 1. The fraction of sp³-hybridized carbons (Fsp3) is 0.417. The summed E-state index contributed by atoms with van der Waals surface area (Å²) in [6.45, 7) is 3.26. The van der Waals surface area contributed by atoms with Crippen LogP contribution in [0.15, 0.2) is 47.4 Å². The molecule has 9 heteroatoms. The SMILES string of the molecule is Cc1ccc(S(=O)(=O)N(C)C)cc1NC(=O)C(C)OC(=O)C1(c2ccc(Cl)cc2)CCCC1. The van der Waals surface area contributed by atoms with Gasteiger partial charge in [-0.15, -0.1) is 0 Å². The number of hydrogen-bond acceptors (Lipinski definition) is 5. The molecule has 33 heavy (non-hydrogen) atoms. The highest BCUT2D eigenvalue weighted by Gasteiger charge is 2.45. The van der Waals surface area contributed by atoms with Crippen molar-refractivity contribution in [1.29, 1.82) is 0 Å². The lowest BCUT2D eigenvalue weighted by molar-refractivity contribution is -0.159. The average Bonchev–Trinajstić information content (AvgIpc) is 3.26. The molecule has 1 aliphatic carbocycles. The number of rotatable bonds is 7. The molecule has 178 valence electrons. The first-order chi connectivity index (χ1) is 15.5. The van der Waals surface area contributed by atoms with E-state index >= 15 is 0 Å². The number of aryl methyl sites for hydroxylation is 1. The predicted molar refractivity (Wildman–Crippen MR) is 128 cm³/mol. The Kier molecular flexibility index (Phi) is 7.51. The Balaban J connectivity index is 1.77. The van der Waals surface area contributed by atoms with Gasteiger partial charge in [-0.1, -0.05) is 42.6 Å². The highest BCUT2D eigenvalue weighted by atomic mass is 35.5. The quantitative estimate of drug-likeness (QED) is 0.582. The Hall–Kier alpha value is -2.42. The Bertz CT molecular complexity index is 1140. The van der Waals surface area contributed by atoms with E-state index in [9.17, 15) is 18.0 Å². The molecule has 1 N–H and O–H groups in total. The third kappa shape index (κ3) is 5.23. The summed E-state index contributed by atoms with van der Waals surface area (Å²) in [5.41, 5.74) is 1.07. The van der Waals surface area contributed by atoms with Crippen LogP contribution in [0.25, 0.3) is 0 Å². The van der Waals surface area contributed by atoms with Crippen molar-refractivity contribution in [2.75, 3.05) is 19.4 Å². The monoisotopic (exact) mass is 492 g/mol.